The van der Waals surface area contributed by atoms with Gasteiger partial charge in [-0.25, -0.2) is 9.59 Å². The number of likely N-dealkylation sites (tertiary alicyclic amines) is 3. The number of ether oxygens (including phenoxy) is 2. The first kappa shape index (κ1) is 78.6. The number of nitrogens with one attached hydrogen (secondary N) is 1. The fourth-order valence-electron chi connectivity index (χ4n) is 12.2. The van der Waals surface area contributed by atoms with E-state index < -0.39 is 17.2 Å². The Balaban J connectivity index is 0.000000441. The van der Waals surface area contributed by atoms with E-state index in [1.807, 2.05) is 92.6 Å². The Kier molecular flexibility index (Phi) is 32.5. The van der Waals surface area contributed by atoms with Crippen LogP contribution in [0.3, 0.4) is 0 Å². The van der Waals surface area contributed by atoms with Crippen molar-refractivity contribution in [2.24, 2.45) is 29.2 Å². The molecule has 492 valence electrons. The quantitative estimate of drug-likeness (QED) is 0.0797. The maximum absolute atomic E-state index is 13.1. The summed E-state index contributed by atoms with van der Waals surface area (Å²) < 4.78 is 11.5. The number of carbonyl (C=O) groups excluding carboxylic acids is 4. The number of aliphatic carboxylic acids is 1. The molecular weight excluding hydrogens is 1180 g/mol. The molecule has 6 atom stereocenters. The number of carboxylic acid groups (broad SMARTS) is 1. The van der Waals surface area contributed by atoms with Gasteiger partial charge in [0.05, 0.1) is 19.6 Å². The Labute approximate surface area is 544 Å². The minimum Gasteiger partial charge on any atom is -0.480 e. The van der Waals surface area contributed by atoms with E-state index in [9.17, 15) is 24.0 Å². The number of carbonyl (C=O) groups is 5. The SMILES string of the molecule is C.C/C(=C\c1ccccc1)[C@@H]1C[C@H]1N(C(=O)OC(C)(C)C)C1CCN(CC(=O)O)CC1.C/C(=C\c1ccccc1)[C@@H]1C[C@H]1N(C(=O)OC(C)(C)C)C1CCN(CC(N)=O)CC1.C/C(=C\c1ccccc1)[C@@H]1C[C@H]1NC1CCN(CC(N)=O)CC1.Cl.Cl.Cl.N. The molecule has 20 heteroatoms. The number of nitrogens with two attached hydrogens (primary N) is 2. The van der Waals surface area contributed by atoms with Crippen LogP contribution in [0.1, 0.15) is 144 Å². The van der Waals surface area contributed by atoms with Crippen molar-refractivity contribution in [1.29, 1.82) is 0 Å². The molecule has 9 rings (SSSR count). The van der Waals surface area contributed by atoms with Crippen molar-refractivity contribution in [3.05, 3.63) is 124 Å². The standard InChI is InChI=1S/C24H35N3O3.C24H34N2O4.C19H27N3O.CH4.3ClH.H3N/c1-17(14-18-8-6-5-7-9-18)20-15-21(20)27(23(29)30-24(2,3)4)19-10-12-26(13-11-19)16-22(25)28;1-17(14-18-8-6-5-7-9-18)20-15-21(20)26(23(29)30-24(2,3)4)19-10-12-25(13-11-19)16-22(27)28;1-14(11-15-5-3-2-4-6-15)17-12-18(17)21-16-7-9-22(10-8-16)13-19(20)23;;;;;/h5-9,14,19-21H,10-13,15-16H2,1-4H3,(H2,25,28);5-9,14,19-21H,10-13,15-16H2,1-4H3,(H,27,28);2-6,11,16-18,21H,7-10,12-13H2,1H3,(H2,20,23);1H4;3*1H;1H3/b2*17-14+;14-11+;;;;;/t2*20-,21+;17-,18+;;;;;/m000...../s1. The molecule has 0 bridgehead atoms. The van der Waals surface area contributed by atoms with Crippen molar-refractivity contribution in [3.8, 4) is 0 Å². The second kappa shape index (κ2) is 36.4. The number of benzene rings is 3. The molecule has 3 heterocycles. The topological polar surface area (TPSA) is 239 Å². The average molecular weight is 1280 g/mol. The third-order valence-electron chi connectivity index (χ3n) is 16.6. The molecule has 6 fully saturated rings. The zero-order valence-corrected chi connectivity index (χ0v) is 55.4. The van der Waals surface area contributed by atoms with Crippen LogP contribution in [0.2, 0.25) is 0 Å². The Morgan fingerprint density at radius 3 is 1.14 bits per heavy atom. The zero-order valence-electron chi connectivity index (χ0n) is 52.9. The van der Waals surface area contributed by atoms with Gasteiger partial charge in [-0.05, 0) is 143 Å². The highest BCUT2D eigenvalue weighted by Gasteiger charge is 2.50. The second-order valence-electron chi connectivity index (χ2n) is 26.0. The van der Waals surface area contributed by atoms with E-state index >= 15 is 0 Å². The molecule has 0 aromatic heterocycles. The summed E-state index contributed by atoms with van der Waals surface area (Å²) in [7, 11) is 0. The van der Waals surface area contributed by atoms with Gasteiger partial charge in [-0.15, -0.1) is 37.2 Å². The van der Waals surface area contributed by atoms with Gasteiger partial charge in [0.25, 0.3) is 0 Å². The summed E-state index contributed by atoms with van der Waals surface area (Å²) in [5, 5.41) is 12.8. The normalized spacial score (nSPS) is 22.6. The van der Waals surface area contributed by atoms with Gasteiger partial charge in [0, 0.05) is 87.4 Å². The number of hydrogen-bond donors (Lipinski definition) is 5. The monoisotopic (exact) mass is 1280 g/mol. The van der Waals surface area contributed by atoms with Crippen LogP contribution in [0, 0.1) is 17.8 Å². The van der Waals surface area contributed by atoms with Crippen LogP contribution in [0.4, 0.5) is 9.59 Å². The number of carboxylic acids is 1. The molecule has 3 saturated heterocycles. The Bertz CT molecular complexity index is 2590. The molecule has 17 nitrogen and oxygen atoms in total. The lowest BCUT2D eigenvalue weighted by molar-refractivity contribution is -0.138. The van der Waals surface area contributed by atoms with Gasteiger partial charge >= 0.3 is 18.2 Å². The molecule has 88 heavy (non-hydrogen) atoms. The van der Waals surface area contributed by atoms with Crippen LogP contribution < -0.4 is 22.9 Å². The first-order valence-electron chi connectivity index (χ1n) is 30.3. The van der Waals surface area contributed by atoms with E-state index in [2.05, 4.69) is 109 Å². The van der Waals surface area contributed by atoms with E-state index in [1.165, 1.54) is 39.8 Å². The highest BCUT2D eigenvalue weighted by atomic mass is 35.5. The van der Waals surface area contributed by atoms with Crippen LogP contribution >= 0.6 is 37.2 Å². The third-order valence-corrected chi connectivity index (χ3v) is 16.6. The molecule has 6 aliphatic rings. The Morgan fingerprint density at radius 1 is 0.523 bits per heavy atom. The maximum atomic E-state index is 13.1. The lowest BCUT2D eigenvalue weighted by Gasteiger charge is -2.39. The lowest BCUT2D eigenvalue weighted by atomic mass is 10.0. The van der Waals surface area contributed by atoms with Crippen molar-refractivity contribution >= 4 is 85.4 Å². The molecule has 9 N–H and O–H groups in total. The van der Waals surface area contributed by atoms with Crippen LogP contribution in [0.15, 0.2) is 108 Å². The maximum Gasteiger partial charge on any atom is 0.410 e. The first-order valence-corrected chi connectivity index (χ1v) is 30.3. The molecule has 0 radical (unpaired) electrons. The Hall–Kier alpha value is -5.50. The molecule has 3 aromatic carbocycles. The first-order chi connectivity index (χ1) is 39.4. The van der Waals surface area contributed by atoms with Crippen LogP contribution in [0.25, 0.3) is 18.2 Å². The number of hydrogen-bond acceptors (Lipinski definition) is 12. The van der Waals surface area contributed by atoms with Gasteiger partial charge in [-0.3, -0.25) is 29.1 Å². The fourth-order valence-corrected chi connectivity index (χ4v) is 12.2. The second-order valence-corrected chi connectivity index (χ2v) is 26.0. The smallest absolute Gasteiger partial charge is 0.410 e. The number of rotatable bonds is 18. The van der Waals surface area contributed by atoms with Gasteiger partial charge < -0.3 is 47.3 Å². The highest BCUT2D eigenvalue weighted by Crippen LogP contribution is 2.46. The molecular formula is C68H106Cl3N9O8. The number of amides is 4. The van der Waals surface area contributed by atoms with Crippen molar-refractivity contribution in [2.75, 3.05) is 58.9 Å². The average Bonchev–Trinajstić information content (AvgIpc) is 2.40. The lowest BCUT2D eigenvalue weighted by Crippen LogP contribution is -2.51. The third kappa shape index (κ3) is 25.8. The summed E-state index contributed by atoms with van der Waals surface area (Å²) in [6.07, 6.45) is 14.8. The van der Waals surface area contributed by atoms with Gasteiger partial charge in [-0.1, -0.05) is 133 Å². The van der Waals surface area contributed by atoms with Gasteiger partial charge in [0.1, 0.15) is 11.2 Å². The molecule has 4 amide bonds. The Morgan fingerprint density at radius 2 is 0.830 bits per heavy atom. The number of piperidine rings is 3. The summed E-state index contributed by atoms with van der Waals surface area (Å²) in [5.41, 5.74) is 17.2. The largest absolute Gasteiger partial charge is 0.480 e. The predicted octanol–water partition coefficient (Wildman–Crippen LogP) is 12.0. The van der Waals surface area contributed by atoms with Gasteiger partial charge in [0.15, 0.2) is 0 Å². The number of nitrogens with zero attached hydrogens (tertiary/aromatic N) is 5. The van der Waals surface area contributed by atoms with Gasteiger partial charge in [-0.2, -0.15) is 0 Å². The van der Waals surface area contributed by atoms with E-state index in [0.29, 0.717) is 49.5 Å². The molecule has 0 unspecified atom stereocenters. The van der Waals surface area contributed by atoms with Crippen LogP contribution in [-0.2, 0) is 23.9 Å². The molecule has 3 aliphatic carbocycles. The van der Waals surface area contributed by atoms with E-state index in [4.69, 9.17) is 26.0 Å². The summed E-state index contributed by atoms with van der Waals surface area (Å²) in [6, 6.07) is 32.8. The molecule has 3 aliphatic heterocycles. The van der Waals surface area contributed by atoms with E-state index in [-0.39, 0.29) is 112 Å². The highest BCUT2D eigenvalue weighted by molar-refractivity contribution is 5.86. The molecule has 3 saturated carbocycles. The van der Waals surface area contributed by atoms with E-state index in [1.54, 1.807) is 0 Å². The number of halogens is 3. The summed E-state index contributed by atoms with van der Waals surface area (Å²) in [4.78, 5) is 69.5. The summed E-state index contributed by atoms with van der Waals surface area (Å²) in [6.45, 7) is 23.5. The summed E-state index contributed by atoms with van der Waals surface area (Å²) >= 11 is 0. The minimum atomic E-state index is -0.804. The van der Waals surface area contributed by atoms with E-state index in [0.717, 1.165) is 77.5 Å². The predicted molar refractivity (Wildman–Crippen MR) is 363 cm³/mol. The van der Waals surface area contributed by atoms with Crippen LogP contribution in [-0.4, -0.2) is 166 Å². The van der Waals surface area contributed by atoms with Crippen LogP contribution in [0.5, 0.6) is 0 Å². The molecule has 0 spiro atoms. The summed E-state index contributed by atoms with van der Waals surface area (Å²) in [5.74, 6) is 0.0538. The van der Waals surface area contributed by atoms with Crippen molar-refractivity contribution in [3.63, 3.8) is 0 Å². The fraction of sp³-hybridized carbons (Fsp3) is 0.574. The zero-order chi connectivity index (χ0) is 60.0. The number of primary amides is 2. The van der Waals surface area contributed by atoms with Crippen molar-refractivity contribution < 1.29 is 38.6 Å². The molecule has 3 aromatic rings. The van der Waals surface area contributed by atoms with Gasteiger partial charge in [0.2, 0.25) is 11.8 Å². The minimum absolute atomic E-state index is 0. The van der Waals surface area contributed by atoms with Crippen molar-refractivity contribution in [1.82, 2.24) is 36.0 Å². The van der Waals surface area contributed by atoms with Crippen molar-refractivity contribution in [2.45, 2.75) is 175 Å².